The molecule has 3 aromatic rings. The normalized spacial score (nSPS) is 14.9. The van der Waals surface area contributed by atoms with E-state index >= 15 is 0 Å². The van der Waals surface area contributed by atoms with Crippen molar-refractivity contribution in [2.24, 2.45) is 0 Å². The molecule has 25 heavy (non-hydrogen) atoms. The topological polar surface area (TPSA) is 66.1 Å². The second kappa shape index (κ2) is 6.68. The molecule has 0 unspecified atom stereocenters. The molecular weight excluding hydrogens is 321 g/mol. The molecule has 2 N–H and O–H groups in total. The van der Waals surface area contributed by atoms with Crippen LogP contribution in [-0.2, 0) is 11.3 Å². The van der Waals surface area contributed by atoms with Crippen LogP contribution in [0.5, 0.6) is 0 Å². The zero-order valence-corrected chi connectivity index (χ0v) is 14.1. The van der Waals surface area contributed by atoms with Gasteiger partial charge in [0, 0.05) is 25.3 Å². The number of anilines is 2. The minimum absolute atomic E-state index is 0.232. The van der Waals surface area contributed by atoms with Crippen molar-refractivity contribution in [3.05, 3.63) is 47.4 Å². The van der Waals surface area contributed by atoms with E-state index in [4.69, 9.17) is 9.72 Å². The van der Waals surface area contributed by atoms with Gasteiger partial charge in [-0.3, -0.25) is 0 Å². The van der Waals surface area contributed by atoms with Gasteiger partial charge < -0.3 is 19.9 Å². The number of aromatic amines is 1. The molecule has 1 saturated heterocycles. The summed E-state index contributed by atoms with van der Waals surface area (Å²) in [6, 6.07) is 8.50. The van der Waals surface area contributed by atoms with E-state index in [0.717, 1.165) is 41.2 Å². The fourth-order valence-electron chi connectivity index (χ4n) is 2.96. The summed E-state index contributed by atoms with van der Waals surface area (Å²) in [4.78, 5) is 14.8. The second-order valence-corrected chi connectivity index (χ2v) is 6.17. The van der Waals surface area contributed by atoms with E-state index in [2.05, 4.69) is 20.2 Å². The highest BCUT2D eigenvalue weighted by Gasteiger charge is 2.17. The summed E-state index contributed by atoms with van der Waals surface area (Å²) in [5, 5.41) is 4.32. The summed E-state index contributed by atoms with van der Waals surface area (Å²) in [6.45, 7) is 5.50. The molecule has 0 saturated carbocycles. The van der Waals surface area contributed by atoms with Gasteiger partial charge in [0.15, 0.2) is 0 Å². The van der Waals surface area contributed by atoms with Gasteiger partial charge in [0.2, 0.25) is 5.95 Å². The maximum atomic E-state index is 13.1. The van der Waals surface area contributed by atoms with Crippen molar-refractivity contribution in [1.82, 2.24) is 15.0 Å². The predicted octanol–water partition coefficient (Wildman–Crippen LogP) is 2.85. The van der Waals surface area contributed by atoms with E-state index in [0.29, 0.717) is 25.7 Å². The van der Waals surface area contributed by atoms with Crippen LogP contribution in [-0.4, -0.2) is 41.3 Å². The van der Waals surface area contributed by atoms with Crippen LogP contribution in [0.2, 0.25) is 0 Å². The molecule has 1 fully saturated rings. The zero-order chi connectivity index (χ0) is 17.2. The quantitative estimate of drug-likeness (QED) is 0.764. The molecule has 0 aliphatic carbocycles. The van der Waals surface area contributed by atoms with Gasteiger partial charge in [-0.15, -0.1) is 0 Å². The summed E-state index contributed by atoms with van der Waals surface area (Å²) >= 11 is 0. The monoisotopic (exact) mass is 341 g/mol. The number of nitrogens with zero attached hydrogens (tertiary/aromatic N) is 3. The summed E-state index contributed by atoms with van der Waals surface area (Å²) in [7, 11) is 0. The first-order valence-corrected chi connectivity index (χ1v) is 8.37. The van der Waals surface area contributed by atoms with Gasteiger partial charge in [-0.25, -0.2) is 4.39 Å². The highest BCUT2D eigenvalue weighted by atomic mass is 19.1. The summed E-state index contributed by atoms with van der Waals surface area (Å²) in [5.74, 6) is 1.24. The van der Waals surface area contributed by atoms with Gasteiger partial charge in [0.1, 0.15) is 17.3 Å². The SMILES string of the molecule is Cc1cc2c(NCc3ccc(F)cc3)nc(N3CCOCC3)nc2[nH]1. The third kappa shape index (κ3) is 3.41. The third-order valence-corrected chi connectivity index (χ3v) is 4.28. The Labute approximate surface area is 145 Å². The number of fused-ring (bicyclic) bond motifs is 1. The molecule has 1 aliphatic heterocycles. The average molecular weight is 341 g/mol. The number of aromatic nitrogens is 3. The van der Waals surface area contributed by atoms with Crippen LogP contribution in [0.1, 0.15) is 11.3 Å². The molecular formula is C18H20FN5O. The maximum absolute atomic E-state index is 13.1. The van der Waals surface area contributed by atoms with E-state index in [9.17, 15) is 4.39 Å². The van der Waals surface area contributed by atoms with Gasteiger partial charge >= 0.3 is 0 Å². The number of nitrogens with one attached hydrogen (secondary N) is 2. The molecule has 1 aliphatic rings. The minimum Gasteiger partial charge on any atom is -0.378 e. The number of morpholine rings is 1. The number of ether oxygens (including phenoxy) is 1. The Morgan fingerprint density at radius 1 is 1.20 bits per heavy atom. The Hall–Kier alpha value is -2.67. The first kappa shape index (κ1) is 15.8. The Balaban J connectivity index is 1.64. The first-order chi connectivity index (χ1) is 12.2. The molecule has 3 heterocycles. The number of benzene rings is 1. The largest absolute Gasteiger partial charge is 0.378 e. The van der Waals surface area contributed by atoms with Crippen LogP contribution >= 0.6 is 0 Å². The molecule has 0 spiro atoms. The number of hydrogen-bond donors (Lipinski definition) is 2. The smallest absolute Gasteiger partial charge is 0.229 e. The summed E-state index contributed by atoms with van der Waals surface area (Å²) < 4.78 is 18.5. The Bertz CT molecular complexity index is 871. The highest BCUT2D eigenvalue weighted by molar-refractivity contribution is 5.89. The lowest BCUT2D eigenvalue weighted by atomic mass is 10.2. The van der Waals surface area contributed by atoms with Crippen molar-refractivity contribution in [2.45, 2.75) is 13.5 Å². The molecule has 0 amide bonds. The van der Waals surface area contributed by atoms with Crippen molar-refractivity contribution in [1.29, 1.82) is 0 Å². The molecule has 0 bridgehead atoms. The standard InChI is InChI=1S/C18H20FN5O/c1-12-10-15-16(20-11-13-2-4-14(19)5-3-13)22-18(23-17(15)21-12)24-6-8-25-9-7-24/h2-5,10H,6-9,11H2,1H3,(H2,20,21,22,23). The lowest BCUT2D eigenvalue weighted by molar-refractivity contribution is 0.122. The summed E-state index contributed by atoms with van der Waals surface area (Å²) in [6.07, 6.45) is 0. The van der Waals surface area contributed by atoms with Crippen LogP contribution in [0.3, 0.4) is 0 Å². The maximum Gasteiger partial charge on any atom is 0.229 e. The Morgan fingerprint density at radius 3 is 2.72 bits per heavy atom. The van der Waals surface area contributed by atoms with Gasteiger partial charge in [-0.05, 0) is 30.7 Å². The summed E-state index contributed by atoms with van der Waals surface area (Å²) in [5.41, 5.74) is 2.84. The van der Waals surface area contributed by atoms with Gasteiger partial charge in [0.25, 0.3) is 0 Å². The number of aryl methyl sites for hydroxylation is 1. The van der Waals surface area contributed by atoms with E-state index in [-0.39, 0.29) is 5.82 Å². The third-order valence-electron chi connectivity index (χ3n) is 4.28. The van der Waals surface area contributed by atoms with E-state index in [1.54, 1.807) is 12.1 Å². The van der Waals surface area contributed by atoms with E-state index < -0.39 is 0 Å². The molecule has 1 aromatic carbocycles. The predicted molar refractivity (Wildman–Crippen MR) is 95.4 cm³/mol. The molecule has 4 rings (SSSR count). The number of hydrogen-bond acceptors (Lipinski definition) is 5. The van der Waals surface area contributed by atoms with Crippen LogP contribution in [0.25, 0.3) is 11.0 Å². The zero-order valence-electron chi connectivity index (χ0n) is 14.1. The molecule has 0 atom stereocenters. The van der Waals surface area contributed by atoms with Crippen molar-refractivity contribution in [3.8, 4) is 0 Å². The van der Waals surface area contributed by atoms with Crippen molar-refractivity contribution < 1.29 is 9.13 Å². The highest BCUT2D eigenvalue weighted by Crippen LogP contribution is 2.25. The van der Waals surface area contributed by atoms with E-state index in [1.165, 1.54) is 12.1 Å². The van der Waals surface area contributed by atoms with Gasteiger partial charge in [0.05, 0.1) is 18.6 Å². The van der Waals surface area contributed by atoms with Crippen molar-refractivity contribution in [2.75, 3.05) is 36.5 Å². The molecule has 6 nitrogen and oxygen atoms in total. The Kier molecular flexibility index (Phi) is 4.23. The first-order valence-electron chi connectivity index (χ1n) is 8.37. The second-order valence-electron chi connectivity index (χ2n) is 6.17. The number of H-pyrrole nitrogens is 1. The molecule has 7 heteroatoms. The van der Waals surface area contributed by atoms with Gasteiger partial charge in [-0.1, -0.05) is 12.1 Å². The minimum atomic E-state index is -0.232. The van der Waals surface area contributed by atoms with Crippen LogP contribution in [0.15, 0.2) is 30.3 Å². The van der Waals surface area contributed by atoms with Crippen LogP contribution < -0.4 is 10.2 Å². The number of halogens is 1. The van der Waals surface area contributed by atoms with E-state index in [1.807, 2.05) is 13.0 Å². The molecule has 0 radical (unpaired) electrons. The lowest BCUT2D eigenvalue weighted by Gasteiger charge is -2.27. The van der Waals surface area contributed by atoms with Crippen LogP contribution in [0, 0.1) is 12.7 Å². The fraction of sp³-hybridized carbons (Fsp3) is 0.333. The fourth-order valence-corrected chi connectivity index (χ4v) is 2.96. The number of rotatable bonds is 4. The van der Waals surface area contributed by atoms with Gasteiger partial charge in [-0.2, -0.15) is 9.97 Å². The van der Waals surface area contributed by atoms with Crippen LogP contribution in [0.4, 0.5) is 16.2 Å². The van der Waals surface area contributed by atoms with Crippen molar-refractivity contribution in [3.63, 3.8) is 0 Å². The lowest BCUT2D eigenvalue weighted by Crippen LogP contribution is -2.37. The average Bonchev–Trinajstić information content (AvgIpc) is 3.02. The molecule has 130 valence electrons. The Morgan fingerprint density at radius 2 is 1.96 bits per heavy atom. The van der Waals surface area contributed by atoms with Crippen molar-refractivity contribution >= 4 is 22.8 Å². The molecule has 2 aromatic heterocycles.